The highest BCUT2D eigenvalue weighted by molar-refractivity contribution is 6.34. The predicted molar refractivity (Wildman–Crippen MR) is 103 cm³/mol. The van der Waals surface area contributed by atoms with Crippen molar-refractivity contribution in [3.8, 4) is 11.4 Å². The van der Waals surface area contributed by atoms with Gasteiger partial charge in [-0.05, 0) is 52.0 Å². The Kier molecular flexibility index (Phi) is 5.38. The fourth-order valence-electron chi connectivity index (χ4n) is 2.25. The summed E-state index contributed by atoms with van der Waals surface area (Å²) in [6.45, 7) is 7.37. The molecule has 0 unspecified atom stereocenters. The Bertz CT molecular complexity index is 940. The number of ether oxygens (including phenoxy) is 2. The van der Waals surface area contributed by atoms with E-state index >= 15 is 0 Å². The number of rotatable bonds is 6. The molecular formula is C18H22ClN5O3. The zero-order valence-electron chi connectivity index (χ0n) is 15.7. The van der Waals surface area contributed by atoms with Crippen molar-refractivity contribution in [2.75, 3.05) is 18.8 Å². The zero-order chi connectivity index (χ0) is 19.6. The first-order valence-corrected chi connectivity index (χ1v) is 8.83. The summed E-state index contributed by atoms with van der Waals surface area (Å²) in [6.07, 6.45) is 0. The largest absolute Gasteiger partial charge is 0.438 e. The van der Waals surface area contributed by atoms with Crippen LogP contribution in [0, 0.1) is 12.3 Å². The minimum absolute atomic E-state index is 0.0913. The van der Waals surface area contributed by atoms with Crippen LogP contribution >= 0.6 is 11.6 Å². The minimum atomic E-state index is -0.539. The molecule has 0 spiro atoms. The maximum atomic E-state index is 11.6. The fraction of sp³-hybridized carbons (Fsp3) is 0.389. The van der Waals surface area contributed by atoms with Gasteiger partial charge in [0.2, 0.25) is 0 Å². The Hall–Kier alpha value is -2.58. The number of hydrogen-bond donors (Lipinski definition) is 2. The molecule has 0 amide bonds. The molecule has 3 aromatic rings. The van der Waals surface area contributed by atoms with Gasteiger partial charge in [0.05, 0.1) is 11.1 Å². The van der Waals surface area contributed by atoms with Crippen LogP contribution in [0.3, 0.4) is 0 Å². The van der Waals surface area contributed by atoms with Crippen molar-refractivity contribution in [3.63, 3.8) is 0 Å². The van der Waals surface area contributed by atoms with Gasteiger partial charge in [-0.3, -0.25) is 9.89 Å². The van der Waals surface area contributed by atoms with Crippen molar-refractivity contribution in [1.82, 2.24) is 19.8 Å². The van der Waals surface area contributed by atoms with Crippen LogP contribution < -0.4 is 5.32 Å². The normalized spacial score (nSPS) is 11.7. The molecule has 0 aliphatic heterocycles. The van der Waals surface area contributed by atoms with Crippen LogP contribution in [0.15, 0.2) is 24.3 Å². The molecule has 2 heterocycles. The lowest BCUT2D eigenvalue weighted by atomic mass is 9.98. The molecule has 0 bridgehead atoms. The van der Waals surface area contributed by atoms with E-state index in [0.717, 1.165) is 16.9 Å². The van der Waals surface area contributed by atoms with Gasteiger partial charge in [0.25, 0.3) is 0 Å². The van der Waals surface area contributed by atoms with Gasteiger partial charge >= 0.3 is 5.97 Å². The second-order valence-corrected chi connectivity index (χ2v) is 7.50. The third kappa shape index (κ3) is 4.40. The molecule has 9 heteroatoms. The molecule has 0 saturated carbocycles. The monoisotopic (exact) mass is 391 g/mol. The summed E-state index contributed by atoms with van der Waals surface area (Å²) < 4.78 is 11.9. The number of halogens is 1. The summed E-state index contributed by atoms with van der Waals surface area (Å²) in [4.78, 5) is 16.1. The first-order chi connectivity index (χ1) is 12.8. The van der Waals surface area contributed by atoms with E-state index in [0.29, 0.717) is 16.5 Å². The van der Waals surface area contributed by atoms with E-state index in [1.807, 2.05) is 31.2 Å². The van der Waals surface area contributed by atoms with E-state index in [2.05, 4.69) is 20.5 Å². The van der Waals surface area contributed by atoms with E-state index in [9.17, 15) is 4.79 Å². The van der Waals surface area contributed by atoms with Crippen molar-refractivity contribution < 1.29 is 14.3 Å². The quantitative estimate of drug-likeness (QED) is 0.378. The Morgan fingerprint density at radius 1 is 1.30 bits per heavy atom. The van der Waals surface area contributed by atoms with E-state index in [-0.39, 0.29) is 19.5 Å². The number of esters is 1. The SMILES string of the molecule is Cc1[nH]n2nc(-c3ccc(NCOCOC(=O)C(C)(C)C)cc3)nc2c1Cl. The summed E-state index contributed by atoms with van der Waals surface area (Å²) in [5.74, 6) is 0.283. The van der Waals surface area contributed by atoms with Crippen LogP contribution in [0.25, 0.3) is 17.0 Å². The highest BCUT2D eigenvalue weighted by Gasteiger charge is 2.22. The minimum Gasteiger partial charge on any atom is -0.438 e. The molecule has 3 rings (SSSR count). The van der Waals surface area contributed by atoms with E-state index < -0.39 is 5.41 Å². The van der Waals surface area contributed by atoms with Crippen molar-refractivity contribution in [3.05, 3.63) is 35.0 Å². The van der Waals surface area contributed by atoms with Crippen LogP contribution in [0.2, 0.25) is 5.02 Å². The standard InChI is InChI=1S/C18H22ClN5O3/c1-11-14(19)16-21-15(23-24(16)22-11)12-5-7-13(8-6-12)20-9-26-10-27-17(25)18(2,3)4/h5-8,20,22H,9-10H2,1-4H3. The molecule has 27 heavy (non-hydrogen) atoms. The van der Waals surface area contributed by atoms with Crippen LogP contribution in [-0.2, 0) is 14.3 Å². The Balaban J connectivity index is 1.52. The van der Waals surface area contributed by atoms with Gasteiger partial charge in [-0.25, -0.2) is 4.98 Å². The lowest BCUT2D eigenvalue weighted by Crippen LogP contribution is -2.24. The molecule has 0 saturated heterocycles. The van der Waals surface area contributed by atoms with Crippen LogP contribution in [0.5, 0.6) is 0 Å². The average Bonchev–Trinajstić information content (AvgIpc) is 3.14. The number of aromatic nitrogens is 4. The number of carbonyl (C=O) groups excluding carboxylic acids is 1. The van der Waals surface area contributed by atoms with Gasteiger partial charge in [0.1, 0.15) is 11.8 Å². The second kappa shape index (κ2) is 7.58. The molecule has 0 atom stereocenters. The first kappa shape index (κ1) is 19.2. The molecular weight excluding hydrogens is 370 g/mol. The highest BCUT2D eigenvalue weighted by Crippen LogP contribution is 2.24. The smallest absolute Gasteiger partial charge is 0.313 e. The highest BCUT2D eigenvalue weighted by atomic mass is 35.5. The number of aromatic amines is 1. The van der Waals surface area contributed by atoms with Crippen molar-refractivity contribution in [1.29, 1.82) is 0 Å². The number of aryl methyl sites for hydroxylation is 1. The Labute approximate surface area is 161 Å². The molecule has 0 aliphatic rings. The summed E-state index contributed by atoms with van der Waals surface area (Å²) in [5.41, 5.74) is 2.61. The molecule has 2 aromatic heterocycles. The second-order valence-electron chi connectivity index (χ2n) is 7.12. The topological polar surface area (TPSA) is 93.5 Å². The number of fused-ring (bicyclic) bond motifs is 1. The molecule has 8 nitrogen and oxygen atoms in total. The Morgan fingerprint density at radius 3 is 2.63 bits per heavy atom. The first-order valence-electron chi connectivity index (χ1n) is 8.46. The van der Waals surface area contributed by atoms with Crippen molar-refractivity contribution in [2.24, 2.45) is 5.41 Å². The average molecular weight is 392 g/mol. The number of carbonyl (C=O) groups is 1. The van der Waals surface area contributed by atoms with E-state index in [1.54, 1.807) is 25.4 Å². The van der Waals surface area contributed by atoms with Gasteiger partial charge in [0.15, 0.2) is 18.3 Å². The molecule has 2 N–H and O–H groups in total. The van der Waals surface area contributed by atoms with Crippen LogP contribution in [-0.4, -0.2) is 39.3 Å². The van der Waals surface area contributed by atoms with Gasteiger partial charge in [0, 0.05) is 11.3 Å². The summed E-state index contributed by atoms with van der Waals surface area (Å²) in [5, 5.41) is 11.1. The number of H-pyrrole nitrogens is 1. The van der Waals surface area contributed by atoms with Gasteiger partial charge in [-0.2, -0.15) is 4.63 Å². The number of hydrogen-bond acceptors (Lipinski definition) is 6. The predicted octanol–water partition coefficient (Wildman–Crippen LogP) is 3.62. The summed E-state index contributed by atoms with van der Waals surface area (Å²) in [7, 11) is 0. The number of anilines is 1. The maximum absolute atomic E-state index is 11.6. The lowest BCUT2D eigenvalue weighted by Gasteiger charge is -2.16. The Morgan fingerprint density at radius 2 is 2.00 bits per heavy atom. The fourth-order valence-corrected chi connectivity index (χ4v) is 2.42. The van der Waals surface area contributed by atoms with Crippen LogP contribution in [0.1, 0.15) is 26.5 Å². The summed E-state index contributed by atoms with van der Waals surface area (Å²) in [6, 6.07) is 7.58. The third-order valence-electron chi connectivity index (χ3n) is 3.81. The number of benzene rings is 1. The number of nitrogens with one attached hydrogen (secondary N) is 2. The lowest BCUT2D eigenvalue weighted by molar-refractivity contribution is -0.165. The van der Waals surface area contributed by atoms with Gasteiger partial charge in [-0.15, -0.1) is 5.10 Å². The van der Waals surface area contributed by atoms with Crippen molar-refractivity contribution >= 4 is 28.9 Å². The number of nitrogens with zero attached hydrogens (tertiary/aromatic N) is 3. The molecule has 1 aromatic carbocycles. The van der Waals surface area contributed by atoms with Crippen LogP contribution in [0.4, 0.5) is 5.69 Å². The molecule has 0 radical (unpaired) electrons. The third-order valence-corrected chi connectivity index (χ3v) is 4.27. The molecule has 0 fully saturated rings. The van der Waals surface area contributed by atoms with Crippen molar-refractivity contribution in [2.45, 2.75) is 27.7 Å². The molecule has 144 valence electrons. The van der Waals surface area contributed by atoms with Gasteiger partial charge < -0.3 is 14.8 Å². The van der Waals surface area contributed by atoms with E-state index in [4.69, 9.17) is 21.1 Å². The van der Waals surface area contributed by atoms with Gasteiger partial charge in [-0.1, -0.05) is 11.6 Å². The maximum Gasteiger partial charge on any atom is 0.313 e. The molecule has 0 aliphatic carbocycles. The van der Waals surface area contributed by atoms with E-state index in [1.165, 1.54) is 0 Å². The zero-order valence-corrected chi connectivity index (χ0v) is 16.4. The summed E-state index contributed by atoms with van der Waals surface area (Å²) >= 11 is 6.19.